The van der Waals surface area contributed by atoms with Gasteiger partial charge in [-0.2, -0.15) is 0 Å². The fraction of sp³-hybridized carbons (Fsp3) is 0.385. The number of benzene rings is 1. The predicted octanol–water partition coefficient (Wildman–Crippen LogP) is 2.04. The smallest absolute Gasteiger partial charge is 0.408 e. The van der Waals surface area contributed by atoms with Crippen LogP contribution in [0.15, 0.2) is 24.3 Å². The summed E-state index contributed by atoms with van der Waals surface area (Å²) in [7, 11) is 0. The maximum Gasteiger partial charge on any atom is 0.408 e. The molecular formula is C13H17NO5. The number of carbonyl (C=O) groups excluding carboxylic acids is 1. The van der Waals surface area contributed by atoms with Crippen molar-refractivity contribution in [1.82, 2.24) is 5.32 Å². The molecule has 104 valence electrons. The Bertz CT molecular complexity index is 478. The molecule has 6 heteroatoms. The van der Waals surface area contributed by atoms with Gasteiger partial charge < -0.3 is 20.3 Å². The number of phenols is 1. The van der Waals surface area contributed by atoms with Gasteiger partial charge in [0.15, 0.2) is 6.04 Å². The van der Waals surface area contributed by atoms with Crippen LogP contribution in [0.1, 0.15) is 32.4 Å². The minimum Gasteiger partial charge on any atom is -0.508 e. The summed E-state index contributed by atoms with van der Waals surface area (Å²) in [5.74, 6) is -1.31. The molecule has 0 radical (unpaired) electrons. The van der Waals surface area contributed by atoms with Crippen molar-refractivity contribution in [3.8, 4) is 5.75 Å². The highest BCUT2D eigenvalue weighted by molar-refractivity contribution is 5.81. The number of nitrogens with one attached hydrogen (secondary N) is 1. The highest BCUT2D eigenvalue weighted by Crippen LogP contribution is 2.19. The maximum atomic E-state index is 11.6. The molecule has 0 aromatic heterocycles. The molecule has 1 unspecified atom stereocenters. The Kier molecular flexibility index (Phi) is 4.37. The summed E-state index contributed by atoms with van der Waals surface area (Å²) in [6.45, 7) is 5.03. The van der Waals surface area contributed by atoms with Gasteiger partial charge >= 0.3 is 12.1 Å². The molecule has 0 aliphatic rings. The van der Waals surface area contributed by atoms with E-state index in [1.165, 1.54) is 24.3 Å². The highest BCUT2D eigenvalue weighted by atomic mass is 16.6. The topological polar surface area (TPSA) is 95.9 Å². The van der Waals surface area contributed by atoms with Crippen LogP contribution in [-0.2, 0) is 9.53 Å². The molecule has 0 aliphatic heterocycles. The van der Waals surface area contributed by atoms with E-state index in [4.69, 9.17) is 9.84 Å². The Balaban J connectivity index is 2.85. The van der Waals surface area contributed by atoms with Gasteiger partial charge in [-0.3, -0.25) is 0 Å². The van der Waals surface area contributed by atoms with Crippen LogP contribution in [0.25, 0.3) is 0 Å². The molecule has 1 rings (SSSR count). The molecule has 0 saturated heterocycles. The number of ether oxygens (including phenoxy) is 1. The van der Waals surface area contributed by atoms with Gasteiger partial charge in [0.1, 0.15) is 11.4 Å². The Morgan fingerprint density at radius 3 is 2.42 bits per heavy atom. The van der Waals surface area contributed by atoms with Crippen LogP contribution in [0, 0.1) is 0 Å². The molecule has 0 fully saturated rings. The summed E-state index contributed by atoms with van der Waals surface area (Å²) in [6.07, 6.45) is -0.830. The number of hydrogen-bond acceptors (Lipinski definition) is 4. The molecular weight excluding hydrogens is 250 g/mol. The Morgan fingerprint density at radius 2 is 1.95 bits per heavy atom. The van der Waals surface area contributed by atoms with E-state index in [1.807, 2.05) is 0 Å². The quantitative estimate of drug-likeness (QED) is 0.778. The maximum absolute atomic E-state index is 11.6. The summed E-state index contributed by atoms with van der Waals surface area (Å²) in [6, 6.07) is 4.40. The molecule has 1 aromatic carbocycles. The van der Waals surface area contributed by atoms with Gasteiger partial charge in [-0.05, 0) is 38.5 Å². The number of amides is 1. The van der Waals surface area contributed by atoms with Crippen molar-refractivity contribution in [1.29, 1.82) is 0 Å². The number of phenolic OH excluding ortho intramolecular Hbond substituents is 1. The number of carboxylic acid groups (broad SMARTS) is 1. The molecule has 0 spiro atoms. The Morgan fingerprint density at radius 1 is 1.32 bits per heavy atom. The second-order valence-electron chi connectivity index (χ2n) is 5.01. The fourth-order valence-corrected chi connectivity index (χ4v) is 1.42. The van der Waals surface area contributed by atoms with Gasteiger partial charge in [0, 0.05) is 0 Å². The monoisotopic (exact) mass is 267 g/mol. The van der Waals surface area contributed by atoms with Crippen LogP contribution in [-0.4, -0.2) is 27.9 Å². The van der Waals surface area contributed by atoms with Gasteiger partial charge in [-0.1, -0.05) is 12.1 Å². The van der Waals surface area contributed by atoms with Crippen LogP contribution in [0.4, 0.5) is 4.79 Å². The van der Waals surface area contributed by atoms with Crippen LogP contribution >= 0.6 is 0 Å². The number of hydrogen-bond donors (Lipinski definition) is 3. The van der Waals surface area contributed by atoms with Crippen molar-refractivity contribution in [3.63, 3.8) is 0 Å². The summed E-state index contributed by atoms with van der Waals surface area (Å²) in [4.78, 5) is 22.7. The third kappa shape index (κ3) is 4.87. The van der Waals surface area contributed by atoms with E-state index in [0.717, 1.165) is 0 Å². The zero-order valence-electron chi connectivity index (χ0n) is 11.0. The molecule has 6 nitrogen and oxygen atoms in total. The van der Waals surface area contributed by atoms with E-state index in [9.17, 15) is 14.7 Å². The molecule has 1 aromatic rings. The number of alkyl carbamates (subject to hydrolysis) is 1. The summed E-state index contributed by atoms with van der Waals surface area (Å²) >= 11 is 0. The fourth-order valence-electron chi connectivity index (χ4n) is 1.42. The second kappa shape index (κ2) is 5.60. The number of carbonyl (C=O) groups is 2. The lowest BCUT2D eigenvalue weighted by atomic mass is 10.1. The highest BCUT2D eigenvalue weighted by Gasteiger charge is 2.25. The molecule has 0 heterocycles. The van der Waals surface area contributed by atoms with Crippen molar-refractivity contribution in [2.24, 2.45) is 0 Å². The number of aromatic hydroxyl groups is 1. The Hall–Kier alpha value is -2.24. The van der Waals surface area contributed by atoms with Gasteiger partial charge in [0.2, 0.25) is 0 Å². The zero-order chi connectivity index (χ0) is 14.6. The van der Waals surface area contributed by atoms with Crippen molar-refractivity contribution in [3.05, 3.63) is 29.8 Å². The standard InChI is InChI=1S/C13H17NO5/c1-13(2,3)19-12(18)14-10(11(16)17)8-5-4-6-9(15)7-8/h4-7,10,15H,1-3H3,(H,14,18)(H,16,17). The molecule has 0 aliphatic carbocycles. The minimum atomic E-state index is -1.28. The predicted molar refractivity (Wildman–Crippen MR) is 67.9 cm³/mol. The summed E-state index contributed by atoms with van der Waals surface area (Å²) < 4.78 is 4.99. The van der Waals surface area contributed by atoms with Crippen molar-refractivity contribution < 1.29 is 24.5 Å². The second-order valence-corrected chi connectivity index (χ2v) is 5.01. The van der Waals surface area contributed by atoms with Crippen LogP contribution in [0.2, 0.25) is 0 Å². The van der Waals surface area contributed by atoms with E-state index in [1.54, 1.807) is 20.8 Å². The molecule has 0 saturated carbocycles. The zero-order valence-corrected chi connectivity index (χ0v) is 11.0. The average molecular weight is 267 g/mol. The number of aliphatic carboxylic acids is 1. The van der Waals surface area contributed by atoms with E-state index >= 15 is 0 Å². The average Bonchev–Trinajstić information content (AvgIpc) is 2.23. The first-order valence-corrected chi connectivity index (χ1v) is 5.70. The molecule has 1 atom stereocenters. The van der Waals surface area contributed by atoms with E-state index in [0.29, 0.717) is 0 Å². The van der Waals surface area contributed by atoms with Gasteiger partial charge in [-0.25, -0.2) is 9.59 Å². The lowest BCUT2D eigenvalue weighted by molar-refractivity contribution is -0.139. The van der Waals surface area contributed by atoms with Crippen molar-refractivity contribution >= 4 is 12.1 Å². The third-order valence-corrected chi connectivity index (χ3v) is 2.11. The molecule has 1 amide bonds. The van der Waals surface area contributed by atoms with Gasteiger partial charge in [0.25, 0.3) is 0 Å². The SMILES string of the molecule is CC(C)(C)OC(=O)NC(C(=O)O)c1cccc(O)c1. The summed E-state index contributed by atoms with van der Waals surface area (Å²) in [5, 5.41) is 20.7. The first-order chi connectivity index (χ1) is 8.69. The van der Waals surface area contributed by atoms with Gasteiger partial charge in [-0.15, -0.1) is 0 Å². The lowest BCUT2D eigenvalue weighted by Crippen LogP contribution is -2.38. The van der Waals surface area contributed by atoms with Crippen LogP contribution in [0.5, 0.6) is 5.75 Å². The van der Waals surface area contributed by atoms with Gasteiger partial charge in [0.05, 0.1) is 0 Å². The minimum absolute atomic E-state index is 0.0743. The van der Waals surface area contributed by atoms with E-state index in [2.05, 4.69) is 5.32 Å². The van der Waals surface area contributed by atoms with Crippen molar-refractivity contribution in [2.45, 2.75) is 32.4 Å². The normalized spacial score (nSPS) is 12.6. The molecule has 3 N–H and O–H groups in total. The lowest BCUT2D eigenvalue weighted by Gasteiger charge is -2.22. The first kappa shape index (κ1) is 14.8. The molecule has 19 heavy (non-hydrogen) atoms. The van der Waals surface area contributed by atoms with Crippen molar-refractivity contribution in [2.75, 3.05) is 0 Å². The van der Waals surface area contributed by atoms with Crippen LogP contribution < -0.4 is 5.32 Å². The summed E-state index contributed by atoms with van der Waals surface area (Å²) in [5.41, 5.74) is -0.454. The molecule has 0 bridgehead atoms. The largest absolute Gasteiger partial charge is 0.508 e. The Labute approximate surface area is 111 Å². The first-order valence-electron chi connectivity index (χ1n) is 5.70. The third-order valence-electron chi connectivity index (χ3n) is 2.11. The number of rotatable bonds is 3. The van der Waals surface area contributed by atoms with E-state index < -0.39 is 23.7 Å². The van der Waals surface area contributed by atoms with Crippen LogP contribution in [0.3, 0.4) is 0 Å². The number of carboxylic acids is 1. The van der Waals surface area contributed by atoms with E-state index in [-0.39, 0.29) is 11.3 Å².